The fourth-order valence-electron chi connectivity index (χ4n) is 5.45. The smallest absolute Gasteiger partial charge is 0.288 e. The van der Waals surface area contributed by atoms with E-state index < -0.39 is 4.92 Å². The fraction of sp³-hybridized carbons (Fsp3) is 0.500. The second-order valence-electron chi connectivity index (χ2n) is 8.22. The topological polar surface area (TPSA) is 84.3 Å². The van der Waals surface area contributed by atoms with E-state index in [0.717, 1.165) is 11.8 Å². The van der Waals surface area contributed by atoms with Crippen LogP contribution in [0, 0.1) is 33.8 Å². The van der Waals surface area contributed by atoms with Gasteiger partial charge in [-0.3, -0.25) is 20.2 Å². The Bertz CT molecular complexity index is 829. The van der Waals surface area contributed by atoms with Gasteiger partial charge < -0.3 is 5.32 Å². The van der Waals surface area contributed by atoms with Crippen molar-refractivity contribution in [3.05, 3.63) is 45.0 Å². The molecule has 8 heteroatoms. The molecule has 4 saturated carbocycles. The SMILES string of the molecule is O=C(/C=C/c1ccc(Cl)c([N+](=O)[O-])c1)NC(=S)NC1C2CC3CC(C2)CC1C3. The lowest BCUT2D eigenvalue weighted by Crippen LogP contribution is -2.57. The molecule has 2 N–H and O–H groups in total. The molecule has 0 heterocycles. The minimum absolute atomic E-state index is 0.0626. The second kappa shape index (κ2) is 7.79. The lowest BCUT2D eigenvalue weighted by molar-refractivity contribution is -0.384. The molecule has 4 aliphatic carbocycles. The van der Waals surface area contributed by atoms with Crippen LogP contribution in [0.25, 0.3) is 6.08 Å². The molecule has 4 bridgehead atoms. The summed E-state index contributed by atoms with van der Waals surface area (Å²) in [5.74, 6) is 2.73. The number of nitrogens with one attached hydrogen (secondary N) is 2. The van der Waals surface area contributed by atoms with Crippen molar-refractivity contribution in [3.63, 3.8) is 0 Å². The third-order valence-corrected chi connectivity index (χ3v) is 6.89. The van der Waals surface area contributed by atoms with Crippen LogP contribution in [0.3, 0.4) is 0 Å². The van der Waals surface area contributed by atoms with Crippen molar-refractivity contribution >= 4 is 46.6 Å². The van der Waals surface area contributed by atoms with E-state index in [1.807, 2.05) is 0 Å². The number of nitro groups is 1. The van der Waals surface area contributed by atoms with Crippen molar-refractivity contribution in [2.75, 3.05) is 0 Å². The van der Waals surface area contributed by atoms with Crippen LogP contribution in [0.2, 0.25) is 5.02 Å². The number of hydrogen-bond donors (Lipinski definition) is 2. The number of nitrogens with zero attached hydrogens (tertiary/aromatic N) is 1. The minimum Gasteiger partial charge on any atom is -0.359 e. The van der Waals surface area contributed by atoms with Gasteiger partial charge in [0.15, 0.2) is 5.11 Å². The first-order valence-electron chi connectivity index (χ1n) is 9.62. The van der Waals surface area contributed by atoms with Crippen molar-refractivity contribution in [1.29, 1.82) is 0 Å². The minimum atomic E-state index is -0.552. The molecular formula is C20H22ClN3O3S. The molecule has 0 spiro atoms. The molecule has 148 valence electrons. The number of amides is 1. The number of carbonyl (C=O) groups is 1. The van der Waals surface area contributed by atoms with Crippen molar-refractivity contribution in [2.24, 2.45) is 23.7 Å². The first-order valence-corrected chi connectivity index (χ1v) is 10.4. The number of carbonyl (C=O) groups excluding carboxylic acids is 1. The standard InChI is InChI=1S/C20H22ClN3O3S/c21-16-3-1-11(10-17(16)24(26)27)2-4-18(25)22-20(28)23-19-14-6-12-5-13(8-14)9-15(19)7-12/h1-4,10,12-15,19H,5-9H2,(H2,22,23,25,28)/b4-2+. The van der Waals surface area contributed by atoms with E-state index in [1.165, 1.54) is 56.4 Å². The molecule has 4 aliphatic rings. The van der Waals surface area contributed by atoms with E-state index in [1.54, 1.807) is 6.07 Å². The van der Waals surface area contributed by atoms with Crippen LogP contribution >= 0.6 is 23.8 Å². The van der Waals surface area contributed by atoms with Gasteiger partial charge in [-0.1, -0.05) is 17.7 Å². The van der Waals surface area contributed by atoms with Crippen LogP contribution in [-0.2, 0) is 4.79 Å². The Hall–Kier alpha value is -1.99. The zero-order chi connectivity index (χ0) is 19.8. The normalized spacial score (nSPS) is 30.4. The number of halogens is 1. The van der Waals surface area contributed by atoms with E-state index in [9.17, 15) is 14.9 Å². The van der Waals surface area contributed by atoms with E-state index in [0.29, 0.717) is 28.6 Å². The molecule has 0 aromatic heterocycles. The van der Waals surface area contributed by atoms with Gasteiger partial charge in [0, 0.05) is 18.2 Å². The highest BCUT2D eigenvalue weighted by Crippen LogP contribution is 2.53. The molecule has 0 aliphatic heterocycles. The first kappa shape index (κ1) is 19.3. The molecule has 1 aromatic rings. The quantitative estimate of drug-likeness (QED) is 0.332. The summed E-state index contributed by atoms with van der Waals surface area (Å²) in [5, 5.41) is 17.4. The maximum Gasteiger partial charge on any atom is 0.288 e. The second-order valence-corrected chi connectivity index (χ2v) is 9.04. The van der Waals surface area contributed by atoms with Gasteiger partial charge in [-0.25, -0.2) is 0 Å². The summed E-state index contributed by atoms with van der Waals surface area (Å²) in [4.78, 5) is 22.6. The largest absolute Gasteiger partial charge is 0.359 e. The van der Waals surface area contributed by atoms with Gasteiger partial charge in [0.2, 0.25) is 5.91 Å². The maximum atomic E-state index is 12.2. The number of rotatable bonds is 4. The zero-order valence-electron chi connectivity index (χ0n) is 15.3. The average Bonchev–Trinajstić information content (AvgIpc) is 2.63. The van der Waals surface area contributed by atoms with Crippen molar-refractivity contribution in [3.8, 4) is 0 Å². The predicted molar refractivity (Wildman–Crippen MR) is 112 cm³/mol. The van der Waals surface area contributed by atoms with Crippen molar-refractivity contribution < 1.29 is 9.72 Å². The molecule has 0 unspecified atom stereocenters. The summed E-state index contributed by atoms with van der Waals surface area (Å²) >= 11 is 11.1. The Labute approximate surface area is 173 Å². The van der Waals surface area contributed by atoms with Crippen LogP contribution in [0.1, 0.15) is 37.7 Å². The third kappa shape index (κ3) is 4.05. The zero-order valence-corrected chi connectivity index (χ0v) is 16.8. The lowest BCUT2D eigenvalue weighted by atomic mass is 9.54. The molecule has 5 rings (SSSR count). The summed E-state index contributed by atoms with van der Waals surface area (Å²) in [7, 11) is 0. The van der Waals surface area contributed by atoms with Crippen molar-refractivity contribution in [1.82, 2.24) is 10.6 Å². The van der Waals surface area contributed by atoms with E-state index >= 15 is 0 Å². The Kier molecular flexibility index (Phi) is 5.38. The monoisotopic (exact) mass is 419 g/mol. The van der Waals surface area contributed by atoms with Crippen LogP contribution in [-0.4, -0.2) is 22.0 Å². The number of benzene rings is 1. The molecule has 6 nitrogen and oxygen atoms in total. The highest BCUT2D eigenvalue weighted by atomic mass is 35.5. The predicted octanol–water partition coefficient (Wildman–Crippen LogP) is 4.08. The van der Waals surface area contributed by atoms with Crippen LogP contribution < -0.4 is 10.6 Å². The average molecular weight is 420 g/mol. The molecule has 0 radical (unpaired) electrons. The summed E-state index contributed by atoms with van der Waals surface area (Å²) in [6, 6.07) is 4.75. The highest BCUT2D eigenvalue weighted by molar-refractivity contribution is 7.80. The van der Waals surface area contributed by atoms with Gasteiger partial charge in [0.05, 0.1) is 4.92 Å². The molecule has 28 heavy (non-hydrogen) atoms. The number of nitro benzene ring substituents is 1. The van der Waals surface area contributed by atoms with Gasteiger partial charge in [0.25, 0.3) is 5.69 Å². The Morgan fingerprint density at radius 2 is 1.82 bits per heavy atom. The summed E-state index contributed by atoms with van der Waals surface area (Å²) in [5.41, 5.74) is 0.328. The van der Waals surface area contributed by atoms with Gasteiger partial charge in [-0.15, -0.1) is 0 Å². The molecule has 4 fully saturated rings. The molecule has 0 atom stereocenters. The molecule has 0 saturated heterocycles. The summed E-state index contributed by atoms with van der Waals surface area (Å²) in [6.07, 6.45) is 9.32. The maximum absolute atomic E-state index is 12.2. The fourth-order valence-corrected chi connectivity index (χ4v) is 5.87. The van der Waals surface area contributed by atoms with Crippen LogP contribution in [0.5, 0.6) is 0 Å². The third-order valence-electron chi connectivity index (χ3n) is 6.36. The van der Waals surface area contributed by atoms with E-state index in [-0.39, 0.29) is 16.6 Å². The van der Waals surface area contributed by atoms with Gasteiger partial charge >= 0.3 is 0 Å². The summed E-state index contributed by atoms with van der Waals surface area (Å²) < 4.78 is 0. The van der Waals surface area contributed by atoms with Crippen LogP contribution in [0.15, 0.2) is 24.3 Å². The van der Waals surface area contributed by atoms with Crippen molar-refractivity contribution in [2.45, 2.75) is 38.1 Å². The Balaban J connectivity index is 1.33. The Morgan fingerprint density at radius 3 is 2.43 bits per heavy atom. The summed E-state index contributed by atoms with van der Waals surface area (Å²) in [6.45, 7) is 0. The molecular weight excluding hydrogens is 398 g/mol. The lowest BCUT2D eigenvalue weighted by Gasteiger charge is -2.54. The van der Waals surface area contributed by atoms with Gasteiger partial charge in [0.1, 0.15) is 5.02 Å². The van der Waals surface area contributed by atoms with E-state index in [4.69, 9.17) is 23.8 Å². The van der Waals surface area contributed by atoms with Gasteiger partial charge in [-0.05, 0) is 85.7 Å². The Morgan fingerprint density at radius 1 is 1.18 bits per heavy atom. The molecule has 1 aromatic carbocycles. The van der Waals surface area contributed by atoms with E-state index in [2.05, 4.69) is 10.6 Å². The number of hydrogen-bond acceptors (Lipinski definition) is 4. The van der Waals surface area contributed by atoms with Gasteiger partial charge in [-0.2, -0.15) is 0 Å². The van der Waals surface area contributed by atoms with Crippen LogP contribution in [0.4, 0.5) is 5.69 Å². The number of thiocarbonyl (C=S) groups is 1. The highest BCUT2D eigenvalue weighted by Gasteiger charge is 2.48. The first-order chi connectivity index (χ1) is 13.4. The molecule has 1 amide bonds.